The minimum Gasteiger partial charge on any atom is -0.382 e. The Morgan fingerprint density at radius 1 is 1.21 bits per heavy atom. The summed E-state index contributed by atoms with van der Waals surface area (Å²) in [5, 5.41) is 6.25. The first-order valence-corrected chi connectivity index (χ1v) is 12.1. The summed E-state index contributed by atoms with van der Waals surface area (Å²) in [6.07, 6.45) is 5.71. The molecule has 0 radical (unpaired) electrons. The second-order valence-electron chi connectivity index (χ2n) is 7.53. The molecule has 6 nitrogen and oxygen atoms in total. The summed E-state index contributed by atoms with van der Waals surface area (Å²) in [5.74, 6) is -0.321. The van der Waals surface area contributed by atoms with Crippen LogP contribution in [0.2, 0.25) is 0 Å². The number of rotatable bonds is 11. The lowest BCUT2D eigenvalue weighted by molar-refractivity contribution is 0.107. The van der Waals surface area contributed by atoms with Crippen LogP contribution in [0.4, 0.5) is 4.39 Å². The van der Waals surface area contributed by atoms with Gasteiger partial charge in [-0.1, -0.05) is 25.0 Å². The van der Waals surface area contributed by atoms with E-state index >= 15 is 0 Å². The van der Waals surface area contributed by atoms with Gasteiger partial charge in [0.05, 0.1) is 5.75 Å². The van der Waals surface area contributed by atoms with Crippen molar-refractivity contribution >= 4 is 15.8 Å². The van der Waals surface area contributed by atoms with E-state index in [0.717, 1.165) is 38.5 Å². The fourth-order valence-corrected chi connectivity index (χ4v) is 4.99. The Kier molecular flexibility index (Phi) is 9.36. The predicted molar refractivity (Wildman–Crippen MR) is 114 cm³/mol. The van der Waals surface area contributed by atoms with Gasteiger partial charge in [-0.3, -0.25) is 4.99 Å². The van der Waals surface area contributed by atoms with Gasteiger partial charge in [0, 0.05) is 32.8 Å². The lowest BCUT2D eigenvalue weighted by Gasteiger charge is -2.27. The molecule has 0 bridgehead atoms. The van der Waals surface area contributed by atoms with Gasteiger partial charge in [-0.25, -0.2) is 12.8 Å². The van der Waals surface area contributed by atoms with Crippen LogP contribution in [-0.4, -0.2) is 53.0 Å². The Balaban J connectivity index is 1.95. The number of guanidine groups is 1. The third kappa shape index (κ3) is 7.26. The van der Waals surface area contributed by atoms with Crippen molar-refractivity contribution in [1.82, 2.24) is 10.6 Å². The van der Waals surface area contributed by atoms with Crippen LogP contribution in [0.3, 0.4) is 0 Å². The highest BCUT2D eigenvalue weighted by Crippen LogP contribution is 2.41. The van der Waals surface area contributed by atoms with Gasteiger partial charge >= 0.3 is 0 Å². The molecule has 1 aliphatic carbocycles. The van der Waals surface area contributed by atoms with Gasteiger partial charge in [-0.15, -0.1) is 0 Å². The molecule has 2 rings (SSSR count). The monoisotopic (exact) mass is 427 g/mol. The summed E-state index contributed by atoms with van der Waals surface area (Å²) in [5.41, 5.74) is 0.163. The van der Waals surface area contributed by atoms with E-state index in [9.17, 15) is 12.8 Å². The fraction of sp³-hybridized carbons (Fsp3) is 0.667. The molecule has 1 aliphatic rings. The van der Waals surface area contributed by atoms with Crippen molar-refractivity contribution in [3.63, 3.8) is 0 Å². The van der Waals surface area contributed by atoms with Crippen LogP contribution in [0.1, 0.15) is 46.0 Å². The number of aliphatic imine (C=N–C) groups is 1. The Hall–Kier alpha value is -1.67. The molecule has 29 heavy (non-hydrogen) atoms. The molecule has 0 spiro atoms. The highest BCUT2D eigenvalue weighted by Gasteiger charge is 2.33. The van der Waals surface area contributed by atoms with E-state index in [0.29, 0.717) is 19.0 Å². The maximum atomic E-state index is 13.8. The van der Waals surface area contributed by atoms with Gasteiger partial charge in [0.2, 0.25) is 0 Å². The summed E-state index contributed by atoms with van der Waals surface area (Å²) in [6.45, 7) is 6.97. The molecule has 1 fully saturated rings. The minimum atomic E-state index is -3.70. The fourth-order valence-electron chi connectivity index (χ4n) is 3.74. The average Bonchev–Trinajstić information content (AvgIpc) is 3.15. The molecule has 0 heterocycles. The Morgan fingerprint density at radius 3 is 2.59 bits per heavy atom. The zero-order valence-electron chi connectivity index (χ0n) is 17.5. The molecule has 0 saturated heterocycles. The van der Waals surface area contributed by atoms with E-state index in [1.165, 1.54) is 31.0 Å². The molecule has 0 aromatic heterocycles. The predicted octanol–water partition coefficient (Wildman–Crippen LogP) is 3.14. The Bertz CT molecular complexity index is 762. The van der Waals surface area contributed by atoms with Crippen LogP contribution < -0.4 is 10.6 Å². The first kappa shape index (κ1) is 23.6. The van der Waals surface area contributed by atoms with Gasteiger partial charge < -0.3 is 15.4 Å². The lowest BCUT2D eigenvalue weighted by atomic mass is 9.83. The maximum Gasteiger partial charge on any atom is 0.191 e. The molecule has 0 amide bonds. The average molecular weight is 428 g/mol. The van der Waals surface area contributed by atoms with Crippen molar-refractivity contribution in [2.24, 2.45) is 10.4 Å². The quantitative estimate of drug-likeness (QED) is 0.322. The normalized spacial score (nSPS) is 16.7. The van der Waals surface area contributed by atoms with Gasteiger partial charge in [0.25, 0.3) is 0 Å². The smallest absolute Gasteiger partial charge is 0.191 e. The second-order valence-corrected chi connectivity index (χ2v) is 9.60. The van der Waals surface area contributed by atoms with E-state index in [2.05, 4.69) is 10.6 Å². The van der Waals surface area contributed by atoms with Crippen LogP contribution in [0.15, 0.2) is 34.2 Å². The highest BCUT2D eigenvalue weighted by molar-refractivity contribution is 7.91. The SMILES string of the molecule is CCNC(=NCC1(CCOCC)CCCC1)NCCS(=O)(=O)c1ccccc1F. The summed E-state index contributed by atoms with van der Waals surface area (Å²) in [7, 11) is -3.70. The topological polar surface area (TPSA) is 79.8 Å². The van der Waals surface area contributed by atoms with Crippen molar-refractivity contribution in [1.29, 1.82) is 0 Å². The van der Waals surface area contributed by atoms with Crippen LogP contribution in [0, 0.1) is 11.2 Å². The molecular weight excluding hydrogens is 393 g/mol. The van der Waals surface area contributed by atoms with E-state index in [4.69, 9.17) is 9.73 Å². The van der Waals surface area contributed by atoms with Gasteiger partial charge in [0.1, 0.15) is 10.7 Å². The van der Waals surface area contributed by atoms with Crippen LogP contribution in [0.25, 0.3) is 0 Å². The van der Waals surface area contributed by atoms with E-state index in [-0.39, 0.29) is 22.6 Å². The van der Waals surface area contributed by atoms with Crippen LogP contribution >= 0.6 is 0 Å². The maximum absolute atomic E-state index is 13.8. The van der Waals surface area contributed by atoms with E-state index in [1.54, 1.807) is 0 Å². The first-order chi connectivity index (χ1) is 13.9. The number of hydrogen-bond acceptors (Lipinski definition) is 4. The summed E-state index contributed by atoms with van der Waals surface area (Å²) < 4.78 is 44.2. The van der Waals surface area contributed by atoms with Crippen molar-refractivity contribution in [3.8, 4) is 0 Å². The third-order valence-electron chi connectivity index (χ3n) is 5.40. The lowest BCUT2D eigenvalue weighted by Crippen LogP contribution is -2.40. The van der Waals surface area contributed by atoms with Crippen molar-refractivity contribution in [2.75, 3.05) is 38.6 Å². The summed E-state index contributed by atoms with van der Waals surface area (Å²) in [6, 6.07) is 5.46. The minimum absolute atomic E-state index is 0.161. The standard InChI is InChI=1S/C21H34FN3O3S/c1-3-23-20(25-17-21(11-7-8-12-21)13-15-28-4-2)24-14-16-29(26,27)19-10-6-5-9-18(19)22/h5-6,9-10H,3-4,7-8,11-17H2,1-2H3,(H2,23,24,25). The van der Waals surface area contributed by atoms with Crippen LogP contribution in [0.5, 0.6) is 0 Å². The first-order valence-electron chi connectivity index (χ1n) is 10.5. The third-order valence-corrected chi connectivity index (χ3v) is 7.14. The largest absolute Gasteiger partial charge is 0.382 e. The van der Waals surface area contributed by atoms with Crippen LogP contribution in [-0.2, 0) is 14.6 Å². The van der Waals surface area contributed by atoms with Crippen molar-refractivity contribution < 1.29 is 17.5 Å². The molecule has 164 valence electrons. The van der Waals surface area contributed by atoms with E-state index in [1.807, 2.05) is 13.8 Å². The molecule has 2 N–H and O–H groups in total. The Labute approximate surface area is 174 Å². The molecule has 0 unspecified atom stereocenters. The number of halogens is 1. The molecule has 0 aliphatic heterocycles. The molecule has 0 atom stereocenters. The molecule has 1 saturated carbocycles. The van der Waals surface area contributed by atoms with Gasteiger partial charge in [0.15, 0.2) is 15.8 Å². The summed E-state index contributed by atoms with van der Waals surface area (Å²) in [4.78, 5) is 4.47. The number of ether oxygens (including phenoxy) is 1. The molecule has 1 aromatic rings. The molecular formula is C21H34FN3O3S. The van der Waals surface area contributed by atoms with Crippen molar-refractivity contribution in [2.45, 2.75) is 50.8 Å². The highest BCUT2D eigenvalue weighted by atomic mass is 32.2. The number of hydrogen-bond donors (Lipinski definition) is 2. The van der Waals surface area contributed by atoms with Gasteiger partial charge in [-0.05, 0) is 50.7 Å². The van der Waals surface area contributed by atoms with E-state index < -0.39 is 15.7 Å². The zero-order valence-corrected chi connectivity index (χ0v) is 18.4. The number of nitrogens with one attached hydrogen (secondary N) is 2. The van der Waals surface area contributed by atoms with Gasteiger partial charge in [-0.2, -0.15) is 0 Å². The molecule has 1 aromatic carbocycles. The number of nitrogens with zero attached hydrogens (tertiary/aromatic N) is 1. The number of benzene rings is 1. The summed E-state index contributed by atoms with van der Waals surface area (Å²) >= 11 is 0. The number of sulfone groups is 1. The zero-order chi connectivity index (χ0) is 21.2. The van der Waals surface area contributed by atoms with Crippen molar-refractivity contribution in [3.05, 3.63) is 30.1 Å². The molecule has 8 heteroatoms. The Morgan fingerprint density at radius 2 is 1.93 bits per heavy atom. The second kappa shape index (κ2) is 11.5.